The van der Waals surface area contributed by atoms with Crippen molar-refractivity contribution in [2.45, 2.75) is 56.9 Å². The van der Waals surface area contributed by atoms with Gasteiger partial charge in [-0.15, -0.1) is 0 Å². The molecule has 1 spiro atoms. The average molecular weight is 299 g/mol. The number of rotatable bonds is 0. The number of aliphatic hydroxyl groups is 1. The van der Waals surface area contributed by atoms with Crippen LogP contribution < -0.4 is 0 Å². The molecule has 0 aromatic carbocycles. The zero-order valence-electron chi connectivity index (χ0n) is 11.1. The van der Waals surface area contributed by atoms with Crippen LogP contribution in [0.1, 0.15) is 46.5 Å². The molecule has 1 nitrogen and oxygen atoms in total. The van der Waals surface area contributed by atoms with Gasteiger partial charge in [-0.2, -0.15) is 0 Å². The summed E-state index contributed by atoms with van der Waals surface area (Å²) >= 11 is 3.68. The summed E-state index contributed by atoms with van der Waals surface area (Å²) < 4.78 is 0. The molecule has 0 heterocycles. The van der Waals surface area contributed by atoms with Crippen LogP contribution in [0.2, 0.25) is 0 Å². The fraction of sp³-hybridized carbons (Fsp3) is 0.733. The van der Waals surface area contributed by atoms with Gasteiger partial charge in [0.2, 0.25) is 0 Å². The molecule has 0 radical (unpaired) electrons. The van der Waals surface area contributed by atoms with Gasteiger partial charge in [-0.05, 0) is 45.4 Å². The van der Waals surface area contributed by atoms with E-state index in [-0.39, 0.29) is 10.2 Å². The second-order valence-corrected chi connectivity index (χ2v) is 7.27. The Kier molecular flexibility index (Phi) is 3.33. The Morgan fingerprint density at radius 2 is 2.12 bits per heavy atom. The molecule has 0 bridgehead atoms. The Hall–Kier alpha value is -0.0800. The number of hydrogen-bond acceptors (Lipinski definition) is 1. The monoisotopic (exact) mass is 298 g/mol. The van der Waals surface area contributed by atoms with Gasteiger partial charge in [-0.3, -0.25) is 0 Å². The number of alkyl halides is 1. The van der Waals surface area contributed by atoms with E-state index < -0.39 is 5.60 Å². The van der Waals surface area contributed by atoms with Gasteiger partial charge >= 0.3 is 0 Å². The van der Waals surface area contributed by atoms with Crippen molar-refractivity contribution in [3.05, 3.63) is 23.8 Å². The maximum atomic E-state index is 10.3. The van der Waals surface area contributed by atoms with Crippen molar-refractivity contribution in [3.8, 4) is 0 Å². The molecule has 96 valence electrons. The van der Waals surface area contributed by atoms with Gasteiger partial charge in [0.25, 0.3) is 0 Å². The molecule has 0 unspecified atom stereocenters. The zero-order chi connectivity index (χ0) is 12.8. The summed E-state index contributed by atoms with van der Waals surface area (Å²) in [5, 5.41) is 10.3. The maximum absolute atomic E-state index is 10.3. The van der Waals surface area contributed by atoms with Gasteiger partial charge in [0.05, 0.1) is 5.60 Å². The van der Waals surface area contributed by atoms with Crippen LogP contribution in [0.5, 0.6) is 0 Å². The SMILES string of the molecule is C=C1[C@H](C)CC=C(C)[C@]12CC[C@](C)(O)[C@@H](Br)C2. The fourth-order valence-corrected chi connectivity index (χ4v) is 4.10. The molecule has 1 fully saturated rings. The van der Waals surface area contributed by atoms with E-state index in [1.807, 2.05) is 6.92 Å². The summed E-state index contributed by atoms with van der Waals surface area (Å²) in [6.45, 7) is 10.8. The summed E-state index contributed by atoms with van der Waals surface area (Å²) in [5.74, 6) is 0.571. The molecule has 0 aromatic rings. The van der Waals surface area contributed by atoms with E-state index >= 15 is 0 Å². The van der Waals surface area contributed by atoms with E-state index in [4.69, 9.17) is 0 Å². The minimum Gasteiger partial charge on any atom is -0.389 e. The van der Waals surface area contributed by atoms with Crippen LogP contribution in [0, 0.1) is 11.3 Å². The van der Waals surface area contributed by atoms with Gasteiger partial charge in [-0.1, -0.05) is 46.7 Å². The van der Waals surface area contributed by atoms with E-state index in [9.17, 15) is 5.11 Å². The highest BCUT2D eigenvalue weighted by Gasteiger charge is 2.48. The molecule has 2 rings (SSSR count). The quantitative estimate of drug-likeness (QED) is 0.524. The van der Waals surface area contributed by atoms with E-state index in [1.54, 1.807) is 0 Å². The van der Waals surface area contributed by atoms with Gasteiger partial charge in [0.1, 0.15) is 0 Å². The molecule has 2 heteroatoms. The molecule has 17 heavy (non-hydrogen) atoms. The second-order valence-electron chi connectivity index (χ2n) is 6.16. The third kappa shape index (κ3) is 2.04. The Balaban J connectivity index is 2.34. The molecule has 0 aromatic heterocycles. The molecular formula is C15H23BrO. The van der Waals surface area contributed by atoms with Crippen molar-refractivity contribution >= 4 is 15.9 Å². The van der Waals surface area contributed by atoms with Crippen molar-refractivity contribution in [2.24, 2.45) is 11.3 Å². The summed E-state index contributed by atoms with van der Waals surface area (Å²) in [6.07, 6.45) is 6.35. The van der Waals surface area contributed by atoms with Crippen molar-refractivity contribution in [1.29, 1.82) is 0 Å². The summed E-state index contributed by atoms with van der Waals surface area (Å²) in [6, 6.07) is 0. The third-order valence-corrected chi connectivity index (χ3v) is 6.31. The first-order valence-electron chi connectivity index (χ1n) is 6.52. The first kappa shape index (κ1) is 13.4. The van der Waals surface area contributed by atoms with Crippen molar-refractivity contribution < 1.29 is 5.11 Å². The van der Waals surface area contributed by atoms with Crippen molar-refractivity contribution in [1.82, 2.24) is 0 Å². The standard InChI is InChI=1S/C15H23BrO/c1-10-5-6-11(2)15(12(10)3)8-7-14(4,17)13(16)9-15/h6,10,13,17H,3,5,7-9H2,1-2,4H3/t10-,13+,14+,15-/m1/s1. The maximum Gasteiger partial charge on any atom is 0.0745 e. The van der Waals surface area contributed by atoms with Crippen molar-refractivity contribution in [3.63, 3.8) is 0 Å². The van der Waals surface area contributed by atoms with E-state index in [0.29, 0.717) is 5.92 Å². The Labute approximate surface area is 113 Å². The Morgan fingerprint density at radius 3 is 2.71 bits per heavy atom. The predicted molar refractivity (Wildman–Crippen MR) is 76.3 cm³/mol. The summed E-state index contributed by atoms with van der Waals surface area (Å²) in [7, 11) is 0. The highest BCUT2D eigenvalue weighted by atomic mass is 79.9. The number of allylic oxidation sites excluding steroid dienone is 3. The normalized spacial score (nSPS) is 47.1. The lowest BCUT2D eigenvalue weighted by atomic mass is 9.57. The zero-order valence-corrected chi connectivity index (χ0v) is 12.7. The first-order chi connectivity index (χ1) is 7.79. The van der Waals surface area contributed by atoms with Gasteiger partial charge in [0.15, 0.2) is 0 Å². The minimum atomic E-state index is -0.577. The first-order valence-corrected chi connectivity index (χ1v) is 7.44. The molecular weight excluding hydrogens is 276 g/mol. The van der Waals surface area contributed by atoms with Gasteiger partial charge in [0, 0.05) is 10.2 Å². The van der Waals surface area contributed by atoms with Crippen LogP contribution in [0.25, 0.3) is 0 Å². The Bertz CT molecular complexity index is 369. The highest BCUT2D eigenvalue weighted by Crippen LogP contribution is 2.55. The van der Waals surface area contributed by atoms with E-state index in [2.05, 4.69) is 42.4 Å². The lowest BCUT2D eigenvalue weighted by Gasteiger charge is -2.50. The summed E-state index contributed by atoms with van der Waals surface area (Å²) in [4.78, 5) is 0.161. The van der Waals surface area contributed by atoms with Crippen LogP contribution in [-0.2, 0) is 0 Å². The minimum absolute atomic E-state index is 0.133. The van der Waals surface area contributed by atoms with Crippen LogP contribution in [0.4, 0.5) is 0 Å². The fourth-order valence-electron chi connectivity index (χ4n) is 3.32. The summed E-state index contributed by atoms with van der Waals surface area (Å²) in [5.41, 5.74) is 2.39. The van der Waals surface area contributed by atoms with Crippen LogP contribution in [0.15, 0.2) is 23.8 Å². The molecule has 0 amide bonds. The highest BCUT2D eigenvalue weighted by molar-refractivity contribution is 9.09. The largest absolute Gasteiger partial charge is 0.389 e. The number of hydrogen-bond donors (Lipinski definition) is 1. The molecule has 4 atom stereocenters. The molecule has 2 aliphatic carbocycles. The lowest BCUT2D eigenvalue weighted by Crippen LogP contribution is -2.47. The third-order valence-electron chi connectivity index (χ3n) is 5.00. The molecule has 1 saturated carbocycles. The second kappa shape index (κ2) is 4.24. The predicted octanol–water partition coefficient (Wildman–Crippen LogP) is 4.21. The van der Waals surface area contributed by atoms with Gasteiger partial charge in [-0.25, -0.2) is 0 Å². The topological polar surface area (TPSA) is 20.2 Å². The molecule has 0 saturated heterocycles. The van der Waals surface area contributed by atoms with Crippen LogP contribution in [-0.4, -0.2) is 15.5 Å². The van der Waals surface area contributed by atoms with Gasteiger partial charge < -0.3 is 5.11 Å². The molecule has 1 N–H and O–H groups in total. The average Bonchev–Trinajstić information content (AvgIpc) is 2.26. The van der Waals surface area contributed by atoms with Crippen LogP contribution >= 0.6 is 15.9 Å². The smallest absolute Gasteiger partial charge is 0.0745 e. The Morgan fingerprint density at radius 1 is 1.47 bits per heavy atom. The van der Waals surface area contributed by atoms with E-state index in [0.717, 1.165) is 25.7 Å². The van der Waals surface area contributed by atoms with Crippen LogP contribution in [0.3, 0.4) is 0 Å². The van der Waals surface area contributed by atoms with E-state index in [1.165, 1.54) is 11.1 Å². The molecule has 2 aliphatic rings. The molecule has 0 aliphatic heterocycles. The number of halogens is 1. The lowest BCUT2D eigenvalue weighted by molar-refractivity contribution is 0.00466. The van der Waals surface area contributed by atoms with Crippen molar-refractivity contribution in [2.75, 3.05) is 0 Å².